The first-order chi connectivity index (χ1) is 35.0. The minimum atomic E-state index is -3.87. The maximum absolute atomic E-state index is 11.2. The Morgan fingerprint density at radius 1 is 0.545 bits per heavy atom. The number of ether oxygens (including phenoxy) is 5. The highest BCUT2D eigenvalue weighted by molar-refractivity contribution is 8.13. The first kappa shape index (κ1) is 67.3. The predicted octanol–water partition coefficient (Wildman–Crippen LogP) is 9.64. The molecule has 5 aromatic carbocycles. The quantitative estimate of drug-likeness (QED) is 0.0274. The van der Waals surface area contributed by atoms with Crippen LogP contribution in [0.25, 0.3) is 0 Å². The van der Waals surface area contributed by atoms with Gasteiger partial charge in [-0.05, 0) is 61.4 Å². The highest BCUT2D eigenvalue weighted by Crippen LogP contribution is 2.41. The number of rotatable bonds is 3. The normalized spacial score (nSPS) is 13.5. The van der Waals surface area contributed by atoms with E-state index in [1.807, 2.05) is 13.8 Å². The van der Waals surface area contributed by atoms with Gasteiger partial charge < -0.3 is 67.3 Å². The van der Waals surface area contributed by atoms with Crippen LogP contribution in [0.4, 0.5) is 51.2 Å². The van der Waals surface area contributed by atoms with Crippen molar-refractivity contribution < 1.29 is 66.2 Å². The highest BCUT2D eigenvalue weighted by atomic mass is 35.7. The van der Waals surface area contributed by atoms with Crippen molar-refractivity contribution in [3.8, 4) is 28.7 Å². The van der Waals surface area contributed by atoms with Crippen LogP contribution < -0.4 is 57.4 Å². The Hall–Kier alpha value is -7.75. The number of nitrogen functional groups attached to an aromatic ring is 3. The van der Waals surface area contributed by atoms with Gasteiger partial charge in [-0.15, -0.1) is 0 Å². The zero-order valence-electron chi connectivity index (χ0n) is 38.7. The van der Waals surface area contributed by atoms with Crippen LogP contribution in [0.5, 0.6) is 28.7 Å². The number of fused-ring (bicyclic) bond motifs is 4. The second-order valence-corrected chi connectivity index (χ2v) is 18.4. The third-order valence-corrected chi connectivity index (χ3v) is 11.2. The van der Waals surface area contributed by atoms with E-state index in [1.54, 1.807) is 30.3 Å². The molecule has 0 aliphatic carbocycles. The molecular formula is C47H57Cl4N9O16S. The van der Waals surface area contributed by atoms with Crippen LogP contribution in [0.15, 0.2) is 77.7 Å². The van der Waals surface area contributed by atoms with E-state index >= 15 is 0 Å². The van der Waals surface area contributed by atoms with Crippen molar-refractivity contribution in [1.29, 1.82) is 0 Å². The van der Waals surface area contributed by atoms with E-state index in [0.717, 1.165) is 19.3 Å². The number of aromatic hydroxyl groups is 1. The second-order valence-electron chi connectivity index (χ2n) is 14.5. The van der Waals surface area contributed by atoms with Crippen LogP contribution in [0.2, 0.25) is 15.1 Å². The van der Waals surface area contributed by atoms with Gasteiger partial charge >= 0.3 is 11.4 Å². The third kappa shape index (κ3) is 19.7. The van der Waals surface area contributed by atoms with Gasteiger partial charge in [0.1, 0.15) is 4.90 Å². The van der Waals surface area contributed by atoms with Crippen molar-refractivity contribution in [1.82, 2.24) is 0 Å². The average Bonchev–Trinajstić information content (AvgIpc) is 3.94. The number of carbonyl (C=O) groups excluding carboxylic acids is 4. The minimum Gasteiger partial charge on any atom is -0.501 e. The van der Waals surface area contributed by atoms with E-state index in [4.69, 9.17) is 91.5 Å². The molecule has 11 N–H and O–H groups in total. The van der Waals surface area contributed by atoms with Crippen molar-refractivity contribution >= 4 is 129 Å². The summed E-state index contributed by atoms with van der Waals surface area (Å²) in [4.78, 5) is 63.1. The van der Waals surface area contributed by atoms with E-state index in [1.165, 1.54) is 49.2 Å². The number of nitrogens with one attached hydrogen (secondary N) is 4. The van der Waals surface area contributed by atoms with Crippen molar-refractivity contribution in [2.24, 2.45) is 0 Å². The number of nitrogens with zero attached hydrogens (tertiary/aromatic N) is 2. The van der Waals surface area contributed by atoms with Crippen molar-refractivity contribution in [3.63, 3.8) is 0 Å². The molecule has 10 rings (SSSR count). The molecular weight excluding hydrogens is 1120 g/mol. The third-order valence-electron chi connectivity index (χ3n) is 9.20. The molecule has 5 heterocycles. The first-order valence-corrected chi connectivity index (χ1v) is 24.7. The molecule has 0 atom stereocenters. The standard InChI is InChI=1S/C8H5ClN2O4.C8H7ClN2O2.C8H6ClNO4S.C8H8N2O2.C6H5ClN2O3.C4H8O.C2H6.3CH4/c9-4-1-5-8(6(2-4)11(13)14)15-3-7(12)10-5;9-4-1-5(10)8-6(2-4)11-7(12)3-13-8;9-15(12,13)6-3-1-2-5-8(6)14-4-7(11)10-5;9-5-2-1-3-6-8(5)12-4-7(11)10-6;7-3-1-4(8)6(10)5(2-3)9(11)12;1-2-4-5-3-1;1-2;;;/h1-2H,3H2,(H,10,12);1-2H,3,10H2,(H,11,12);1-3H,4H2,(H,10,11);1-3H,4,9H2,(H,10,11);1-2,10H,8H2;1-4H2;1-2H3;3*1H4. The fourth-order valence-corrected chi connectivity index (χ4v) is 7.80. The van der Waals surface area contributed by atoms with E-state index in [0.29, 0.717) is 45.0 Å². The zero-order chi connectivity index (χ0) is 54.9. The molecule has 0 radical (unpaired) electrons. The summed E-state index contributed by atoms with van der Waals surface area (Å²) < 4.78 is 47.5. The zero-order valence-corrected chi connectivity index (χ0v) is 42.5. The highest BCUT2D eigenvalue weighted by Gasteiger charge is 2.27. The topological polar surface area (TPSA) is 381 Å². The second kappa shape index (κ2) is 31.3. The fourth-order valence-electron chi connectivity index (χ4n) is 6.15. The fraction of sp³-hybridized carbons (Fsp3) is 0.277. The average molecular weight is 1180 g/mol. The van der Waals surface area contributed by atoms with Crippen LogP contribution in [-0.4, -0.2) is 86.6 Å². The van der Waals surface area contributed by atoms with Crippen LogP contribution >= 0.6 is 45.5 Å². The lowest BCUT2D eigenvalue weighted by molar-refractivity contribution is -0.385. The van der Waals surface area contributed by atoms with E-state index in [2.05, 4.69) is 21.3 Å². The molecule has 0 saturated carbocycles. The number of anilines is 7. The molecule has 25 nitrogen and oxygen atoms in total. The summed E-state index contributed by atoms with van der Waals surface area (Å²) in [6.07, 6.45) is 2.56. The Labute approximate surface area is 462 Å². The summed E-state index contributed by atoms with van der Waals surface area (Å²) in [6, 6.07) is 17.6. The van der Waals surface area contributed by atoms with Crippen LogP contribution in [0.1, 0.15) is 49.0 Å². The van der Waals surface area contributed by atoms with Crippen molar-refractivity contribution in [3.05, 3.63) is 108 Å². The largest absolute Gasteiger partial charge is 0.501 e. The summed E-state index contributed by atoms with van der Waals surface area (Å²) in [5, 5.41) is 41.0. The number of para-hydroxylation sites is 2. The number of nitrogens with two attached hydrogens (primary N) is 3. The molecule has 5 aromatic rings. The number of phenols is 1. The van der Waals surface area contributed by atoms with Gasteiger partial charge in [-0.3, -0.25) is 39.4 Å². The van der Waals surface area contributed by atoms with Gasteiger partial charge in [0.2, 0.25) is 11.5 Å². The molecule has 0 aromatic heterocycles. The number of benzene rings is 5. The van der Waals surface area contributed by atoms with Gasteiger partial charge in [0.15, 0.2) is 43.7 Å². The number of amides is 4. The van der Waals surface area contributed by atoms with E-state index < -0.39 is 30.3 Å². The minimum absolute atomic E-state index is 0. The summed E-state index contributed by atoms with van der Waals surface area (Å²) >= 11 is 16.9. The molecule has 0 bridgehead atoms. The van der Waals surface area contributed by atoms with E-state index in [9.17, 15) is 47.8 Å². The smallest absolute Gasteiger partial charge is 0.314 e. The Morgan fingerprint density at radius 3 is 1.39 bits per heavy atom. The van der Waals surface area contributed by atoms with Crippen molar-refractivity contribution in [2.45, 2.75) is 53.9 Å². The summed E-state index contributed by atoms with van der Waals surface area (Å²) in [5.74, 6) is -0.394. The summed E-state index contributed by atoms with van der Waals surface area (Å²) in [7, 11) is 1.35. The Kier molecular flexibility index (Phi) is 27.4. The first-order valence-electron chi connectivity index (χ1n) is 21.3. The van der Waals surface area contributed by atoms with Crippen LogP contribution in [0, 0.1) is 20.2 Å². The van der Waals surface area contributed by atoms with Gasteiger partial charge in [0.05, 0.1) is 49.7 Å². The number of halogens is 4. The number of nitro groups is 2. The molecule has 1 fully saturated rings. The lowest BCUT2D eigenvalue weighted by atomic mass is 10.2. The molecule has 30 heteroatoms. The maximum atomic E-state index is 11.2. The molecule has 0 spiro atoms. The Morgan fingerprint density at radius 2 is 0.922 bits per heavy atom. The molecule has 1 saturated heterocycles. The number of hydrogen-bond acceptors (Lipinski definition) is 19. The monoisotopic (exact) mass is 1180 g/mol. The Bertz CT molecular complexity index is 3040. The molecule has 0 unspecified atom stereocenters. The molecule has 77 heavy (non-hydrogen) atoms. The molecule has 5 aliphatic rings. The lowest BCUT2D eigenvalue weighted by Gasteiger charge is -2.19. The van der Waals surface area contributed by atoms with E-state index in [-0.39, 0.29) is 116 Å². The maximum Gasteiger partial charge on any atom is 0.314 e. The van der Waals surface area contributed by atoms with Gasteiger partial charge in [-0.25, -0.2) is 8.42 Å². The molecule has 420 valence electrons. The van der Waals surface area contributed by atoms with Crippen LogP contribution in [0.3, 0.4) is 0 Å². The number of carbonyl (C=O) groups is 4. The SMILES string of the molecule is C.C.C.C1CCOC1.CC.Nc1cc(Cl)cc([N+](=O)[O-])c1O.Nc1cc(Cl)cc2c1OCC(=O)N2.Nc1cccc2c1OCC(=O)N2.O=C1COc2c(cc(Cl)cc2[N+](=O)[O-])N1.O=C1COc2c(cccc2S(=O)(=O)Cl)N1. The lowest BCUT2D eigenvalue weighted by Crippen LogP contribution is -2.26. The summed E-state index contributed by atoms with van der Waals surface area (Å²) in [6.45, 7) is 5.60. The number of hydrogen-bond donors (Lipinski definition) is 8. The number of phenolic OH excluding ortho intramolecular Hbond substituents is 1. The van der Waals surface area contributed by atoms with Gasteiger partial charge in [-0.2, -0.15) is 0 Å². The van der Waals surface area contributed by atoms with Crippen molar-refractivity contribution in [2.75, 3.05) is 78.1 Å². The van der Waals surface area contributed by atoms with Gasteiger partial charge in [0.25, 0.3) is 32.7 Å². The molecule has 5 aliphatic heterocycles. The van der Waals surface area contributed by atoms with Gasteiger partial charge in [-0.1, -0.05) is 83.1 Å². The molecule has 4 amide bonds. The van der Waals surface area contributed by atoms with Crippen LogP contribution in [-0.2, 0) is 33.0 Å². The predicted molar refractivity (Wildman–Crippen MR) is 297 cm³/mol. The number of nitro benzene ring substituents is 2. The summed E-state index contributed by atoms with van der Waals surface area (Å²) in [5.41, 5.74) is 18.3. The Balaban J connectivity index is 0.000000463. The van der Waals surface area contributed by atoms with Gasteiger partial charge in [0, 0.05) is 51.1 Å².